The van der Waals surface area contributed by atoms with Crippen LogP contribution in [0.3, 0.4) is 0 Å². The number of ether oxygens (including phenoxy) is 1. The fraction of sp³-hybridized carbons (Fsp3) is 0.222. The minimum absolute atomic E-state index is 0.278. The molecule has 0 saturated carbocycles. The number of carbonyl (C=O) groups excluding carboxylic acids is 2. The monoisotopic (exact) mass is 312 g/mol. The molecule has 0 saturated heterocycles. The summed E-state index contributed by atoms with van der Waals surface area (Å²) in [5.74, 6) is 0.189. The van der Waals surface area contributed by atoms with E-state index < -0.39 is 6.04 Å². The van der Waals surface area contributed by atoms with Gasteiger partial charge in [0.15, 0.2) is 0 Å². The lowest BCUT2D eigenvalue weighted by atomic mass is 10.2. The first-order chi connectivity index (χ1) is 11.1. The third kappa shape index (κ3) is 4.85. The first-order valence-electron chi connectivity index (χ1n) is 7.49. The molecule has 1 unspecified atom stereocenters. The molecule has 0 aliphatic carbocycles. The summed E-state index contributed by atoms with van der Waals surface area (Å²) in [6, 6.07) is 15.2. The van der Waals surface area contributed by atoms with Crippen LogP contribution < -0.4 is 15.4 Å². The van der Waals surface area contributed by atoms with Gasteiger partial charge >= 0.3 is 0 Å². The van der Waals surface area contributed by atoms with Gasteiger partial charge in [-0.25, -0.2) is 0 Å². The number of amides is 2. The van der Waals surface area contributed by atoms with E-state index in [-0.39, 0.29) is 11.8 Å². The number of hydrogen-bond donors (Lipinski definition) is 2. The van der Waals surface area contributed by atoms with Crippen molar-refractivity contribution in [2.24, 2.45) is 0 Å². The first kappa shape index (κ1) is 16.5. The highest BCUT2D eigenvalue weighted by Gasteiger charge is 2.16. The van der Waals surface area contributed by atoms with Crippen LogP contribution in [0.25, 0.3) is 0 Å². The van der Waals surface area contributed by atoms with Gasteiger partial charge in [-0.2, -0.15) is 0 Å². The van der Waals surface area contributed by atoms with E-state index in [1.54, 1.807) is 55.5 Å². The Labute approximate surface area is 135 Å². The van der Waals surface area contributed by atoms with Gasteiger partial charge in [0, 0.05) is 11.3 Å². The van der Waals surface area contributed by atoms with Crippen LogP contribution in [0, 0.1) is 0 Å². The molecular formula is C18H20N2O3. The molecule has 1 atom stereocenters. The summed E-state index contributed by atoms with van der Waals surface area (Å²) in [7, 11) is 0. The molecule has 0 fully saturated rings. The molecule has 2 N–H and O–H groups in total. The van der Waals surface area contributed by atoms with Gasteiger partial charge in [0.1, 0.15) is 11.8 Å². The second kappa shape index (κ2) is 7.98. The molecule has 0 spiro atoms. The summed E-state index contributed by atoms with van der Waals surface area (Å²) in [4.78, 5) is 24.2. The molecule has 0 aliphatic rings. The molecule has 0 radical (unpaired) electrons. The lowest BCUT2D eigenvalue weighted by Gasteiger charge is -2.14. The highest BCUT2D eigenvalue weighted by molar-refractivity contribution is 6.00. The fourth-order valence-electron chi connectivity index (χ4n) is 1.99. The lowest BCUT2D eigenvalue weighted by molar-refractivity contribution is -0.117. The van der Waals surface area contributed by atoms with Gasteiger partial charge in [0.05, 0.1) is 6.61 Å². The smallest absolute Gasteiger partial charge is 0.251 e. The van der Waals surface area contributed by atoms with Gasteiger partial charge in [0.25, 0.3) is 5.91 Å². The van der Waals surface area contributed by atoms with E-state index >= 15 is 0 Å². The highest BCUT2D eigenvalue weighted by atomic mass is 16.5. The van der Waals surface area contributed by atoms with Crippen LogP contribution in [-0.2, 0) is 4.79 Å². The predicted molar refractivity (Wildman–Crippen MR) is 89.6 cm³/mol. The number of nitrogens with one attached hydrogen (secondary N) is 2. The fourth-order valence-corrected chi connectivity index (χ4v) is 1.99. The number of carbonyl (C=O) groups is 2. The third-order valence-electron chi connectivity index (χ3n) is 3.21. The summed E-state index contributed by atoms with van der Waals surface area (Å²) >= 11 is 0. The Bertz CT molecular complexity index is 654. The molecule has 120 valence electrons. The van der Waals surface area contributed by atoms with Crippen LogP contribution in [0.15, 0.2) is 54.6 Å². The molecule has 5 nitrogen and oxygen atoms in total. The summed E-state index contributed by atoms with van der Waals surface area (Å²) < 4.78 is 5.35. The summed E-state index contributed by atoms with van der Waals surface area (Å²) in [5, 5.41) is 5.43. The average molecular weight is 312 g/mol. The summed E-state index contributed by atoms with van der Waals surface area (Å²) in [6.45, 7) is 4.14. The van der Waals surface area contributed by atoms with Crippen molar-refractivity contribution in [3.05, 3.63) is 60.2 Å². The van der Waals surface area contributed by atoms with Crippen molar-refractivity contribution in [1.82, 2.24) is 5.32 Å². The van der Waals surface area contributed by atoms with Crippen molar-refractivity contribution in [1.29, 1.82) is 0 Å². The SMILES string of the molecule is CCOc1ccc(NC(=O)C(C)NC(=O)c2ccccc2)cc1. The van der Waals surface area contributed by atoms with E-state index in [1.807, 2.05) is 13.0 Å². The van der Waals surface area contributed by atoms with Gasteiger partial charge in [-0.05, 0) is 50.2 Å². The van der Waals surface area contributed by atoms with E-state index in [0.717, 1.165) is 5.75 Å². The van der Waals surface area contributed by atoms with E-state index in [2.05, 4.69) is 10.6 Å². The van der Waals surface area contributed by atoms with Crippen molar-refractivity contribution in [2.45, 2.75) is 19.9 Å². The van der Waals surface area contributed by atoms with Crippen molar-refractivity contribution >= 4 is 17.5 Å². The van der Waals surface area contributed by atoms with Crippen LogP contribution in [0.1, 0.15) is 24.2 Å². The maximum atomic E-state index is 12.1. The molecule has 0 heterocycles. The number of benzene rings is 2. The van der Waals surface area contributed by atoms with Crippen LogP contribution in [0.2, 0.25) is 0 Å². The van der Waals surface area contributed by atoms with E-state index in [9.17, 15) is 9.59 Å². The lowest BCUT2D eigenvalue weighted by Crippen LogP contribution is -2.41. The van der Waals surface area contributed by atoms with Crippen molar-refractivity contribution in [3.8, 4) is 5.75 Å². The summed E-state index contributed by atoms with van der Waals surface area (Å²) in [5.41, 5.74) is 1.17. The molecule has 0 aliphatic heterocycles. The normalized spacial score (nSPS) is 11.4. The molecule has 23 heavy (non-hydrogen) atoms. The first-order valence-corrected chi connectivity index (χ1v) is 7.49. The Balaban J connectivity index is 1.90. The van der Waals surface area contributed by atoms with E-state index in [4.69, 9.17) is 4.74 Å². The van der Waals surface area contributed by atoms with Crippen molar-refractivity contribution in [2.75, 3.05) is 11.9 Å². The van der Waals surface area contributed by atoms with Crippen LogP contribution >= 0.6 is 0 Å². The molecule has 2 amide bonds. The van der Waals surface area contributed by atoms with Gasteiger partial charge in [0.2, 0.25) is 5.91 Å². The molecule has 2 aromatic carbocycles. The quantitative estimate of drug-likeness (QED) is 0.862. The van der Waals surface area contributed by atoms with Crippen LogP contribution in [-0.4, -0.2) is 24.5 Å². The maximum absolute atomic E-state index is 12.1. The Morgan fingerprint density at radius 2 is 1.70 bits per heavy atom. The number of anilines is 1. The predicted octanol–water partition coefficient (Wildman–Crippen LogP) is 2.84. The largest absolute Gasteiger partial charge is 0.494 e. The second-order valence-electron chi connectivity index (χ2n) is 5.01. The molecule has 5 heteroatoms. The Morgan fingerprint density at radius 1 is 1.04 bits per heavy atom. The van der Waals surface area contributed by atoms with Crippen molar-refractivity contribution in [3.63, 3.8) is 0 Å². The minimum atomic E-state index is -0.644. The molecular weight excluding hydrogens is 292 g/mol. The molecule has 0 bridgehead atoms. The van der Waals surface area contributed by atoms with E-state index in [0.29, 0.717) is 17.9 Å². The Morgan fingerprint density at radius 3 is 2.30 bits per heavy atom. The van der Waals surface area contributed by atoms with Crippen LogP contribution in [0.4, 0.5) is 5.69 Å². The van der Waals surface area contributed by atoms with Gasteiger partial charge in [-0.1, -0.05) is 18.2 Å². The second-order valence-corrected chi connectivity index (χ2v) is 5.01. The van der Waals surface area contributed by atoms with Gasteiger partial charge < -0.3 is 15.4 Å². The zero-order valence-electron chi connectivity index (χ0n) is 13.2. The van der Waals surface area contributed by atoms with Gasteiger partial charge in [-0.3, -0.25) is 9.59 Å². The molecule has 0 aromatic heterocycles. The summed E-state index contributed by atoms with van der Waals surface area (Å²) in [6.07, 6.45) is 0. The number of hydrogen-bond acceptors (Lipinski definition) is 3. The maximum Gasteiger partial charge on any atom is 0.251 e. The number of rotatable bonds is 6. The minimum Gasteiger partial charge on any atom is -0.494 e. The molecule has 2 aromatic rings. The zero-order chi connectivity index (χ0) is 16.7. The topological polar surface area (TPSA) is 67.4 Å². The van der Waals surface area contributed by atoms with Crippen LogP contribution in [0.5, 0.6) is 5.75 Å². The van der Waals surface area contributed by atoms with Gasteiger partial charge in [-0.15, -0.1) is 0 Å². The Hall–Kier alpha value is -2.82. The molecule has 2 rings (SSSR count). The van der Waals surface area contributed by atoms with Crippen molar-refractivity contribution < 1.29 is 14.3 Å². The average Bonchev–Trinajstić information content (AvgIpc) is 2.57. The highest BCUT2D eigenvalue weighted by Crippen LogP contribution is 2.15. The van der Waals surface area contributed by atoms with E-state index in [1.165, 1.54) is 0 Å². The Kier molecular flexibility index (Phi) is 5.74. The third-order valence-corrected chi connectivity index (χ3v) is 3.21. The standard InChI is InChI=1S/C18H20N2O3/c1-3-23-16-11-9-15(10-12-16)20-17(21)13(2)19-18(22)14-7-5-4-6-8-14/h4-13H,3H2,1-2H3,(H,19,22)(H,20,21). The zero-order valence-corrected chi connectivity index (χ0v) is 13.2.